The maximum Gasteiger partial charge on any atom is 0.0103 e. The topological polar surface area (TPSA) is 12.0 Å². The molecule has 2 aliphatic carbocycles. The molecule has 0 saturated heterocycles. The first-order valence-corrected chi connectivity index (χ1v) is 9.26. The summed E-state index contributed by atoms with van der Waals surface area (Å²) in [6.07, 6.45) is 13.0. The molecule has 3 unspecified atom stereocenters. The van der Waals surface area contributed by atoms with E-state index in [9.17, 15) is 0 Å². The predicted octanol–water partition coefficient (Wildman–Crippen LogP) is 5.40. The van der Waals surface area contributed by atoms with Crippen LogP contribution in [0.3, 0.4) is 0 Å². The molecule has 2 rings (SSSR count). The molecular weight excluding hydrogens is 242 g/mol. The minimum atomic E-state index is 0.528. The molecule has 0 amide bonds. The van der Waals surface area contributed by atoms with Crippen molar-refractivity contribution in [3.05, 3.63) is 0 Å². The highest BCUT2D eigenvalue weighted by Crippen LogP contribution is 2.46. The summed E-state index contributed by atoms with van der Waals surface area (Å²) in [4.78, 5) is 0. The Morgan fingerprint density at radius 2 is 1.75 bits per heavy atom. The first kappa shape index (κ1) is 16.3. The van der Waals surface area contributed by atoms with Crippen molar-refractivity contribution in [2.24, 2.45) is 23.2 Å². The van der Waals surface area contributed by atoms with Crippen molar-refractivity contribution in [1.82, 2.24) is 5.32 Å². The van der Waals surface area contributed by atoms with E-state index in [0.29, 0.717) is 5.41 Å². The molecule has 0 spiro atoms. The van der Waals surface area contributed by atoms with E-state index in [4.69, 9.17) is 0 Å². The van der Waals surface area contributed by atoms with E-state index in [1.807, 2.05) is 0 Å². The Morgan fingerprint density at radius 1 is 1.05 bits per heavy atom. The van der Waals surface area contributed by atoms with Gasteiger partial charge in [0.2, 0.25) is 0 Å². The van der Waals surface area contributed by atoms with Crippen molar-refractivity contribution < 1.29 is 0 Å². The molecule has 2 fully saturated rings. The van der Waals surface area contributed by atoms with Crippen LogP contribution in [-0.4, -0.2) is 12.6 Å². The first-order valence-electron chi connectivity index (χ1n) is 9.26. The van der Waals surface area contributed by atoms with Gasteiger partial charge in [-0.25, -0.2) is 0 Å². The second-order valence-electron chi connectivity index (χ2n) is 8.43. The zero-order chi connectivity index (χ0) is 14.6. The van der Waals surface area contributed by atoms with Gasteiger partial charge in [-0.05, 0) is 55.4 Å². The third-order valence-electron chi connectivity index (χ3n) is 6.06. The summed E-state index contributed by atoms with van der Waals surface area (Å²) in [5.41, 5.74) is 0.528. The van der Waals surface area contributed by atoms with E-state index < -0.39 is 0 Å². The van der Waals surface area contributed by atoms with Crippen LogP contribution in [0.15, 0.2) is 0 Å². The van der Waals surface area contributed by atoms with Gasteiger partial charge < -0.3 is 5.32 Å². The summed E-state index contributed by atoms with van der Waals surface area (Å²) in [5, 5.41) is 3.88. The Balaban J connectivity index is 1.97. The molecule has 1 nitrogen and oxygen atoms in total. The normalized spacial score (nSPS) is 32.7. The zero-order valence-electron chi connectivity index (χ0n) is 14.4. The molecule has 0 aromatic heterocycles. The molecule has 3 atom stereocenters. The molecule has 1 N–H and O–H groups in total. The molecule has 0 aliphatic heterocycles. The highest BCUT2D eigenvalue weighted by Gasteiger charge is 2.39. The third kappa shape index (κ3) is 4.23. The van der Waals surface area contributed by atoms with Crippen molar-refractivity contribution in [2.75, 3.05) is 6.54 Å². The fourth-order valence-corrected chi connectivity index (χ4v) is 4.98. The Bertz CT molecular complexity index is 277. The summed E-state index contributed by atoms with van der Waals surface area (Å²) >= 11 is 0. The van der Waals surface area contributed by atoms with Crippen LogP contribution in [0.1, 0.15) is 85.5 Å². The van der Waals surface area contributed by atoms with Crippen LogP contribution in [0.2, 0.25) is 0 Å². The van der Waals surface area contributed by atoms with Crippen LogP contribution in [0.5, 0.6) is 0 Å². The van der Waals surface area contributed by atoms with Crippen molar-refractivity contribution in [3.63, 3.8) is 0 Å². The number of nitrogens with one attached hydrogen (secondary N) is 1. The van der Waals surface area contributed by atoms with Crippen LogP contribution >= 0.6 is 0 Å². The van der Waals surface area contributed by atoms with Crippen molar-refractivity contribution in [1.29, 1.82) is 0 Å². The molecule has 2 aliphatic rings. The maximum atomic E-state index is 3.88. The van der Waals surface area contributed by atoms with E-state index in [2.05, 4.69) is 33.0 Å². The van der Waals surface area contributed by atoms with E-state index in [0.717, 1.165) is 23.8 Å². The van der Waals surface area contributed by atoms with Crippen molar-refractivity contribution in [3.8, 4) is 0 Å². The summed E-state index contributed by atoms with van der Waals surface area (Å²) in [5.74, 6) is 2.84. The Labute approximate surface area is 127 Å². The van der Waals surface area contributed by atoms with Gasteiger partial charge in [0.05, 0.1) is 0 Å². The average Bonchev–Trinajstić information content (AvgIpc) is 2.88. The monoisotopic (exact) mass is 279 g/mol. The summed E-state index contributed by atoms with van der Waals surface area (Å²) < 4.78 is 0. The molecule has 20 heavy (non-hydrogen) atoms. The minimum Gasteiger partial charge on any atom is -0.314 e. The highest BCUT2D eigenvalue weighted by molar-refractivity contribution is 4.93. The van der Waals surface area contributed by atoms with E-state index in [1.54, 1.807) is 0 Å². The molecule has 0 aromatic rings. The van der Waals surface area contributed by atoms with Gasteiger partial charge in [-0.2, -0.15) is 0 Å². The standard InChI is InChI=1S/C19H37N/c1-5-12-20-18-13-15(2)10-11-17(18)19(3,4)14-16-8-6-7-9-16/h15-18,20H,5-14H2,1-4H3. The first-order chi connectivity index (χ1) is 9.53. The smallest absolute Gasteiger partial charge is 0.0103 e. The van der Waals surface area contributed by atoms with E-state index in [-0.39, 0.29) is 0 Å². The van der Waals surface area contributed by atoms with Crippen LogP contribution in [-0.2, 0) is 0 Å². The molecule has 0 radical (unpaired) electrons. The summed E-state index contributed by atoms with van der Waals surface area (Å²) in [6, 6.07) is 0.773. The van der Waals surface area contributed by atoms with Crippen LogP contribution < -0.4 is 5.32 Å². The van der Waals surface area contributed by atoms with Gasteiger partial charge in [-0.1, -0.05) is 59.8 Å². The molecule has 0 bridgehead atoms. The predicted molar refractivity (Wildman–Crippen MR) is 88.9 cm³/mol. The molecule has 2 saturated carbocycles. The van der Waals surface area contributed by atoms with Gasteiger partial charge >= 0.3 is 0 Å². The van der Waals surface area contributed by atoms with Crippen LogP contribution in [0, 0.1) is 23.2 Å². The van der Waals surface area contributed by atoms with Crippen LogP contribution in [0.25, 0.3) is 0 Å². The Hall–Kier alpha value is -0.0400. The summed E-state index contributed by atoms with van der Waals surface area (Å²) in [7, 11) is 0. The lowest BCUT2D eigenvalue weighted by Gasteiger charge is -2.46. The molecular formula is C19H37N. The molecule has 0 heterocycles. The average molecular weight is 280 g/mol. The lowest BCUT2D eigenvalue weighted by atomic mass is 9.63. The third-order valence-corrected chi connectivity index (χ3v) is 6.06. The second-order valence-corrected chi connectivity index (χ2v) is 8.43. The van der Waals surface area contributed by atoms with Gasteiger partial charge in [0.25, 0.3) is 0 Å². The van der Waals surface area contributed by atoms with Crippen LogP contribution in [0.4, 0.5) is 0 Å². The fraction of sp³-hybridized carbons (Fsp3) is 1.00. The van der Waals surface area contributed by atoms with E-state index >= 15 is 0 Å². The molecule has 118 valence electrons. The van der Waals surface area contributed by atoms with Gasteiger partial charge in [0.1, 0.15) is 0 Å². The maximum absolute atomic E-state index is 3.88. The van der Waals surface area contributed by atoms with Crippen molar-refractivity contribution in [2.45, 2.75) is 91.5 Å². The quantitative estimate of drug-likeness (QED) is 0.686. The van der Waals surface area contributed by atoms with Crippen molar-refractivity contribution >= 4 is 0 Å². The Morgan fingerprint density at radius 3 is 2.40 bits per heavy atom. The van der Waals surface area contributed by atoms with Gasteiger partial charge in [-0.15, -0.1) is 0 Å². The zero-order valence-corrected chi connectivity index (χ0v) is 14.4. The number of rotatable bonds is 6. The second kappa shape index (κ2) is 7.29. The SMILES string of the molecule is CCCNC1CC(C)CCC1C(C)(C)CC1CCCC1. The van der Waals surface area contributed by atoms with Gasteiger partial charge in [0, 0.05) is 6.04 Å². The largest absolute Gasteiger partial charge is 0.314 e. The lowest BCUT2D eigenvalue weighted by Crippen LogP contribution is -2.47. The summed E-state index contributed by atoms with van der Waals surface area (Å²) in [6.45, 7) is 11.1. The number of hydrogen-bond acceptors (Lipinski definition) is 1. The van der Waals surface area contributed by atoms with Gasteiger partial charge in [0.15, 0.2) is 0 Å². The van der Waals surface area contributed by atoms with Gasteiger partial charge in [-0.3, -0.25) is 0 Å². The fourth-order valence-electron chi connectivity index (χ4n) is 4.98. The molecule has 0 aromatic carbocycles. The minimum absolute atomic E-state index is 0.528. The highest BCUT2D eigenvalue weighted by atomic mass is 14.9. The Kier molecular flexibility index (Phi) is 5.95. The number of hydrogen-bond donors (Lipinski definition) is 1. The molecule has 1 heteroatoms. The lowest BCUT2D eigenvalue weighted by molar-refractivity contribution is 0.0725. The van der Waals surface area contributed by atoms with E-state index in [1.165, 1.54) is 64.3 Å².